The van der Waals surface area contributed by atoms with Crippen molar-refractivity contribution < 1.29 is 0 Å². The highest BCUT2D eigenvalue weighted by Crippen LogP contribution is 2.11. The fourth-order valence-electron chi connectivity index (χ4n) is 1.25. The van der Waals surface area contributed by atoms with Crippen LogP contribution in [-0.2, 0) is 0 Å². The van der Waals surface area contributed by atoms with Gasteiger partial charge in [-0.3, -0.25) is 4.98 Å². The number of nitrogens with zero attached hydrogens (tertiary/aromatic N) is 1. The first kappa shape index (κ1) is 8.35. The summed E-state index contributed by atoms with van der Waals surface area (Å²) >= 11 is 0. The average molecular weight is 177 g/mol. The summed E-state index contributed by atoms with van der Waals surface area (Å²) in [6.07, 6.45) is 6.77. The number of hydrogen-bond donors (Lipinski definition) is 0. The molecule has 0 aliphatic rings. The maximum Gasteiger partial charge on any atom is 0.0702 e. The lowest BCUT2D eigenvalue weighted by atomic mass is 10.2. The van der Waals surface area contributed by atoms with Crippen LogP contribution in [0.1, 0.15) is 5.56 Å². The third kappa shape index (κ3) is 1.58. The van der Waals surface area contributed by atoms with Gasteiger partial charge >= 0.3 is 0 Å². The van der Waals surface area contributed by atoms with E-state index in [1.165, 1.54) is 0 Å². The monoisotopic (exact) mass is 177 g/mol. The van der Waals surface area contributed by atoms with Crippen molar-refractivity contribution in [2.24, 2.45) is 0 Å². The Labute approximate surface area is 82.8 Å². The van der Waals surface area contributed by atoms with E-state index in [-0.39, 0.29) is 0 Å². The van der Waals surface area contributed by atoms with Crippen LogP contribution in [0.2, 0.25) is 0 Å². The summed E-state index contributed by atoms with van der Waals surface area (Å²) in [6.45, 7) is 0. The molecule has 0 fully saturated rings. The number of hydrogen-bond acceptors (Lipinski definition) is 1. The molecule has 0 amide bonds. The minimum atomic E-state index is 0.849. The molecule has 14 heavy (non-hydrogen) atoms. The predicted octanol–water partition coefficient (Wildman–Crippen LogP) is 2.22. The fraction of sp³-hybridized carbons (Fsp3) is 0. The van der Waals surface area contributed by atoms with Crippen LogP contribution in [0.3, 0.4) is 0 Å². The molecule has 0 N–H and O–H groups in total. The zero-order valence-corrected chi connectivity index (χ0v) is 7.49. The summed E-state index contributed by atoms with van der Waals surface area (Å²) < 4.78 is 0. The molecule has 0 saturated heterocycles. The zero-order valence-electron chi connectivity index (χ0n) is 7.49. The van der Waals surface area contributed by atoms with E-state index in [0.29, 0.717) is 0 Å². The summed E-state index contributed by atoms with van der Waals surface area (Å²) in [5.74, 6) is 7.68. The van der Waals surface area contributed by atoms with Crippen LogP contribution in [-0.4, -0.2) is 4.98 Å². The van der Waals surface area contributed by atoms with Gasteiger partial charge < -0.3 is 0 Å². The van der Waals surface area contributed by atoms with Crippen molar-refractivity contribution in [2.75, 3.05) is 0 Å². The lowest BCUT2D eigenvalue weighted by Gasteiger charge is -1.95. The fourth-order valence-corrected chi connectivity index (χ4v) is 1.25. The van der Waals surface area contributed by atoms with Crippen LogP contribution < -0.4 is 0 Å². The summed E-state index contributed by atoms with van der Waals surface area (Å²) in [6, 6.07) is 9.88. The third-order valence-electron chi connectivity index (χ3n) is 1.87. The van der Waals surface area contributed by atoms with Gasteiger partial charge in [0.05, 0.1) is 5.52 Å². The Kier molecular flexibility index (Phi) is 2.17. The van der Waals surface area contributed by atoms with Gasteiger partial charge in [-0.25, -0.2) is 0 Å². The molecule has 1 nitrogen and oxygen atoms in total. The molecule has 1 heterocycles. The van der Waals surface area contributed by atoms with Crippen LogP contribution >= 0.6 is 0 Å². The summed E-state index contributed by atoms with van der Waals surface area (Å²) in [4.78, 5) is 4.26. The molecule has 2 rings (SSSR count). The third-order valence-corrected chi connectivity index (χ3v) is 1.87. The van der Waals surface area contributed by atoms with Gasteiger partial charge in [-0.1, -0.05) is 24.1 Å². The average Bonchev–Trinajstić information content (AvgIpc) is 2.26. The molecule has 0 bridgehead atoms. The van der Waals surface area contributed by atoms with Crippen LogP contribution in [0.15, 0.2) is 36.5 Å². The van der Waals surface area contributed by atoms with Crippen LogP contribution in [0, 0.1) is 24.2 Å². The number of terminal acetylenes is 1. The van der Waals surface area contributed by atoms with Crippen molar-refractivity contribution in [1.82, 2.24) is 4.98 Å². The lowest BCUT2D eigenvalue weighted by Crippen LogP contribution is -1.80. The van der Waals surface area contributed by atoms with E-state index in [1.807, 2.05) is 30.3 Å². The summed E-state index contributed by atoms with van der Waals surface area (Å²) in [5.41, 5.74) is 1.82. The van der Waals surface area contributed by atoms with Gasteiger partial charge in [-0.2, -0.15) is 0 Å². The smallest absolute Gasteiger partial charge is 0.0702 e. The maximum atomic E-state index is 5.04. The van der Waals surface area contributed by atoms with E-state index in [1.54, 1.807) is 6.20 Å². The van der Waals surface area contributed by atoms with Crippen molar-refractivity contribution in [3.05, 3.63) is 42.1 Å². The largest absolute Gasteiger partial charge is 0.255 e. The topological polar surface area (TPSA) is 12.9 Å². The van der Waals surface area contributed by atoms with E-state index in [9.17, 15) is 0 Å². The highest BCUT2D eigenvalue weighted by atomic mass is 14.6. The molecule has 0 unspecified atom stereocenters. The Bertz CT molecular complexity index is 565. The molecule has 1 aromatic carbocycles. The Balaban J connectivity index is 2.58. The second-order valence-corrected chi connectivity index (χ2v) is 2.81. The van der Waals surface area contributed by atoms with Crippen molar-refractivity contribution in [1.29, 1.82) is 0 Å². The van der Waals surface area contributed by atoms with Gasteiger partial charge in [0, 0.05) is 17.1 Å². The molecule has 64 valence electrons. The second-order valence-electron chi connectivity index (χ2n) is 2.81. The standard InChI is InChI=1S/C13H7N/c1-2-3-6-11-9-12-7-4-5-8-13(12)14-10-11/h1,4-5,7-10H. The van der Waals surface area contributed by atoms with Gasteiger partial charge in [0.15, 0.2) is 0 Å². The molecule has 0 atom stereocenters. The number of pyridine rings is 1. The minimum absolute atomic E-state index is 0.849. The van der Waals surface area contributed by atoms with E-state index in [4.69, 9.17) is 6.42 Å². The molecule has 2 aromatic rings. The normalized spacial score (nSPS) is 8.79. The van der Waals surface area contributed by atoms with E-state index < -0.39 is 0 Å². The molecule has 0 aliphatic carbocycles. The number of rotatable bonds is 0. The number of para-hydroxylation sites is 1. The van der Waals surface area contributed by atoms with E-state index in [0.717, 1.165) is 16.5 Å². The van der Waals surface area contributed by atoms with Crippen LogP contribution in [0.4, 0.5) is 0 Å². The van der Waals surface area contributed by atoms with E-state index >= 15 is 0 Å². The first-order chi connectivity index (χ1) is 6.90. The number of fused-ring (bicyclic) bond motifs is 1. The maximum absolute atomic E-state index is 5.04. The Morgan fingerprint density at radius 3 is 2.93 bits per heavy atom. The van der Waals surface area contributed by atoms with Gasteiger partial charge in [-0.15, -0.1) is 6.42 Å². The quantitative estimate of drug-likeness (QED) is 0.562. The second kappa shape index (κ2) is 3.64. The lowest BCUT2D eigenvalue weighted by molar-refractivity contribution is 1.39. The van der Waals surface area contributed by atoms with Gasteiger partial charge in [0.1, 0.15) is 0 Å². The highest BCUT2D eigenvalue weighted by molar-refractivity contribution is 5.79. The molecular formula is C13H7N. The van der Waals surface area contributed by atoms with Crippen molar-refractivity contribution >= 4 is 10.9 Å². The van der Waals surface area contributed by atoms with Crippen molar-refractivity contribution in [2.45, 2.75) is 0 Å². The first-order valence-corrected chi connectivity index (χ1v) is 4.21. The van der Waals surface area contributed by atoms with Crippen molar-refractivity contribution in [3.63, 3.8) is 0 Å². The van der Waals surface area contributed by atoms with Crippen LogP contribution in [0.5, 0.6) is 0 Å². The summed E-state index contributed by atoms with van der Waals surface area (Å²) in [7, 11) is 0. The minimum Gasteiger partial charge on any atom is -0.255 e. The number of aromatic nitrogens is 1. The van der Waals surface area contributed by atoms with Gasteiger partial charge in [0.25, 0.3) is 0 Å². The van der Waals surface area contributed by atoms with Gasteiger partial charge in [-0.05, 0) is 24.0 Å². The van der Waals surface area contributed by atoms with Crippen molar-refractivity contribution in [3.8, 4) is 24.2 Å². The molecule has 1 aromatic heterocycles. The van der Waals surface area contributed by atoms with E-state index in [2.05, 4.69) is 22.7 Å². The molecular weight excluding hydrogens is 170 g/mol. The highest BCUT2D eigenvalue weighted by Gasteiger charge is 1.93. The first-order valence-electron chi connectivity index (χ1n) is 4.21. The molecule has 1 heteroatoms. The van der Waals surface area contributed by atoms with Gasteiger partial charge in [0.2, 0.25) is 0 Å². The SMILES string of the molecule is C#CC#Cc1cnc2ccccc2c1. The molecule has 0 spiro atoms. The molecule has 0 saturated carbocycles. The molecule has 0 radical (unpaired) electrons. The predicted molar refractivity (Wildman–Crippen MR) is 57.5 cm³/mol. The molecule has 0 aliphatic heterocycles. The summed E-state index contributed by atoms with van der Waals surface area (Å²) in [5, 5.41) is 1.08. The Hall–Kier alpha value is -2.25. The zero-order chi connectivity index (χ0) is 9.80. The number of benzene rings is 1. The Morgan fingerprint density at radius 1 is 1.21 bits per heavy atom. The Morgan fingerprint density at radius 2 is 2.07 bits per heavy atom. The van der Waals surface area contributed by atoms with Crippen LogP contribution in [0.25, 0.3) is 10.9 Å².